The van der Waals surface area contributed by atoms with E-state index in [1.807, 2.05) is 32.0 Å². The third kappa shape index (κ3) is 4.18. The molecule has 0 bridgehead atoms. The van der Waals surface area contributed by atoms with Gasteiger partial charge in [-0.05, 0) is 24.3 Å². The Balaban J connectivity index is 2.18. The summed E-state index contributed by atoms with van der Waals surface area (Å²) in [7, 11) is 0. The van der Waals surface area contributed by atoms with Gasteiger partial charge in [0, 0.05) is 23.9 Å². The number of hydrogen-bond donors (Lipinski definition) is 1. The quantitative estimate of drug-likeness (QED) is 0.855. The zero-order valence-electron chi connectivity index (χ0n) is 12.5. The SMILES string of the molecule is CC(C)(CN(Cc1ccccn1)C(=O)O)c1cccc(Cl)n1. The van der Waals surface area contributed by atoms with Crippen molar-refractivity contribution in [2.45, 2.75) is 25.8 Å². The molecule has 1 amide bonds. The van der Waals surface area contributed by atoms with E-state index in [1.54, 1.807) is 24.4 Å². The van der Waals surface area contributed by atoms with Gasteiger partial charge >= 0.3 is 6.09 Å². The summed E-state index contributed by atoms with van der Waals surface area (Å²) in [5.74, 6) is 0. The summed E-state index contributed by atoms with van der Waals surface area (Å²) in [5.41, 5.74) is 1.00. The molecule has 2 aromatic rings. The summed E-state index contributed by atoms with van der Waals surface area (Å²) in [6.45, 7) is 4.42. The maximum Gasteiger partial charge on any atom is 0.407 e. The smallest absolute Gasteiger partial charge is 0.407 e. The minimum atomic E-state index is -0.985. The number of carbonyl (C=O) groups is 1. The molecule has 116 valence electrons. The number of carboxylic acid groups (broad SMARTS) is 1. The van der Waals surface area contributed by atoms with E-state index in [9.17, 15) is 9.90 Å². The van der Waals surface area contributed by atoms with Gasteiger partial charge in [-0.3, -0.25) is 4.98 Å². The summed E-state index contributed by atoms with van der Waals surface area (Å²) < 4.78 is 0. The van der Waals surface area contributed by atoms with Crippen LogP contribution in [0.1, 0.15) is 25.2 Å². The van der Waals surface area contributed by atoms with Crippen molar-refractivity contribution < 1.29 is 9.90 Å². The molecule has 5 nitrogen and oxygen atoms in total. The Labute approximate surface area is 134 Å². The molecule has 0 aromatic carbocycles. The topological polar surface area (TPSA) is 66.3 Å². The van der Waals surface area contributed by atoms with E-state index in [-0.39, 0.29) is 6.54 Å². The van der Waals surface area contributed by atoms with Crippen LogP contribution >= 0.6 is 11.6 Å². The molecule has 2 aromatic heterocycles. The average Bonchev–Trinajstić information content (AvgIpc) is 2.47. The van der Waals surface area contributed by atoms with Crippen LogP contribution in [0.25, 0.3) is 0 Å². The lowest BCUT2D eigenvalue weighted by Crippen LogP contribution is -2.40. The second kappa shape index (κ2) is 6.75. The molecule has 0 saturated heterocycles. The Bertz CT molecular complexity index is 647. The maximum atomic E-state index is 11.5. The summed E-state index contributed by atoms with van der Waals surface area (Å²) in [4.78, 5) is 21.3. The van der Waals surface area contributed by atoms with Crippen molar-refractivity contribution in [1.29, 1.82) is 0 Å². The highest BCUT2D eigenvalue weighted by molar-refractivity contribution is 6.29. The van der Waals surface area contributed by atoms with Crippen molar-refractivity contribution in [3.05, 3.63) is 59.1 Å². The number of pyridine rings is 2. The lowest BCUT2D eigenvalue weighted by atomic mass is 9.88. The van der Waals surface area contributed by atoms with E-state index in [4.69, 9.17) is 11.6 Å². The summed E-state index contributed by atoms with van der Waals surface area (Å²) >= 11 is 5.93. The van der Waals surface area contributed by atoms with Gasteiger partial charge in [-0.1, -0.05) is 37.6 Å². The molecule has 0 atom stereocenters. The van der Waals surface area contributed by atoms with Gasteiger partial charge < -0.3 is 10.0 Å². The molecule has 0 spiro atoms. The van der Waals surface area contributed by atoms with Crippen LogP contribution in [0.15, 0.2) is 42.6 Å². The van der Waals surface area contributed by atoms with Crippen molar-refractivity contribution in [1.82, 2.24) is 14.9 Å². The van der Waals surface area contributed by atoms with Crippen LogP contribution in [0.2, 0.25) is 5.15 Å². The third-order valence-corrected chi connectivity index (χ3v) is 3.55. The molecule has 0 fully saturated rings. The molecule has 2 heterocycles. The molecule has 0 aliphatic rings. The molecular weight excluding hydrogens is 302 g/mol. The zero-order chi connectivity index (χ0) is 16.2. The number of amides is 1. The van der Waals surface area contributed by atoms with Crippen molar-refractivity contribution in [3.8, 4) is 0 Å². The van der Waals surface area contributed by atoms with Gasteiger partial charge in [0.05, 0.1) is 12.2 Å². The lowest BCUT2D eigenvalue weighted by molar-refractivity contribution is 0.130. The van der Waals surface area contributed by atoms with E-state index in [1.165, 1.54) is 4.90 Å². The summed E-state index contributed by atoms with van der Waals surface area (Å²) in [6.07, 6.45) is 0.666. The Hall–Kier alpha value is -2.14. The third-order valence-electron chi connectivity index (χ3n) is 3.34. The van der Waals surface area contributed by atoms with Gasteiger partial charge in [0.15, 0.2) is 0 Å². The first-order valence-corrected chi connectivity index (χ1v) is 7.27. The second-order valence-corrected chi connectivity index (χ2v) is 6.08. The number of aromatic nitrogens is 2. The predicted octanol–water partition coefficient (Wildman–Crippen LogP) is 3.59. The first-order valence-electron chi connectivity index (χ1n) is 6.89. The number of halogens is 1. The van der Waals surface area contributed by atoms with Gasteiger partial charge in [0.1, 0.15) is 5.15 Å². The van der Waals surface area contributed by atoms with Crippen LogP contribution in [-0.4, -0.2) is 32.6 Å². The standard InChI is InChI=1S/C16H18ClN3O2/c1-16(2,13-7-5-8-14(17)19-13)11-20(15(21)22)10-12-6-3-4-9-18-12/h3-9H,10-11H2,1-2H3,(H,21,22). The number of rotatable bonds is 5. The minimum Gasteiger partial charge on any atom is -0.465 e. The van der Waals surface area contributed by atoms with Crippen LogP contribution < -0.4 is 0 Å². The molecular formula is C16H18ClN3O2. The largest absolute Gasteiger partial charge is 0.465 e. The van der Waals surface area contributed by atoms with Crippen molar-refractivity contribution >= 4 is 17.7 Å². The van der Waals surface area contributed by atoms with Crippen LogP contribution in [-0.2, 0) is 12.0 Å². The minimum absolute atomic E-state index is 0.236. The molecule has 22 heavy (non-hydrogen) atoms. The van der Waals surface area contributed by atoms with E-state index >= 15 is 0 Å². The van der Waals surface area contributed by atoms with Crippen LogP contribution in [0.4, 0.5) is 4.79 Å². The normalized spacial score (nSPS) is 11.2. The lowest BCUT2D eigenvalue weighted by Gasteiger charge is -2.30. The fraction of sp³-hybridized carbons (Fsp3) is 0.312. The highest BCUT2D eigenvalue weighted by Crippen LogP contribution is 2.24. The monoisotopic (exact) mass is 319 g/mol. The fourth-order valence-electron chi connectivity index (χ4n) is 2.22. The molecule has 0 saturated carbocycles. The first kappa shape index (κ1) is 16.2. The van der Waals surface area contributed by atoms with Crippen molar-refractivity contribution in [2.24, 2.45) is 0 Å². The van der Waals surface area contributed by atoms with Crippen LogP contribution in [0, 0.1) is 0 Å². The molecule has 0 aliphatic carbocycles. The highest BCUT2D eigenvalue weighted by atomic mass is 35.5. The Morgan fingerprint density at radius 3 is 2.64 bits per heavy atom. The predicted molar refractivity (Wildman–Crippen MR) is 84.9 cm³/mol. The van der Waals surface area contributed by atoms with Crippen molar-refractivity contribution in [3.63, 3.8) is 0 Å². The van der Waals surface area contributed by atoms with E-state index in [2.05, 4.69) is 9.97 Å². The van der Waals surface area contributed by atoms with E-state index in [0.29, 0.717) is 17.4 Å². The Kier molecular flexibility index (Phi) is 4.98. The van der Waals surface area contributed by atoms with Crippen LogP contribution in [0.3, 0.4) is 0 Å². The molecule has 6 heteroatoms. The molecule has 0 unspecified atom stereocenters. The molecule has 1 N–H and O–H groups in total. The Morgan fingerprint density at radius 1 is 1.27 bits per heavy atom. The molecule has 0 aliphatic heterocycles. The van der Waals surface area contributed by atoms with E-state index in [0.717, 1.165) is 5.69 Å². The molecule has 2 rings (SSSR count). The fourth-order valence-corrected chi connectivity index (χ4v) is 2.39. The van der Waals surface area contributed by atoms with Gasteiger partial charge in [-0.25, -0.2) is 9.78 Å². The van der Waals surface area contributed by atoms with Gasteiger partial charge in [0.2, 0.25) is 0 Å². The zero-order valence-corrected chi connectivity index (χ0v) is 13.3. The van der Waals surface area contributed by atoms with Gasteiger partial charge in [-0.2, -0.15) is 0 Å². The number of nitrogens with zero attached hydrogens (tertiary/aromatic N) is 3. The highest BCUT2D eigenvalue weighted by Gasteiger charge is 2.28. The number of hydrogen-bond acceptors (Lipinski definition) is 3. The van der Waals surface area contributed by atoms with E-state index < -0.39 is 11.5 Å². The summed E-state index contributed by atoms with van der Waals surface area (Å²) in [6, 6.07) is 10.8. The second-order valence-electron chi connectivity index (χ2n) is 5.69. The first-order chi connectivity index (χ1) is 10.4. The Morgan fingerprint density at radius 2 is 2.05 bits per heavy atom. The van der Waals surface area contributed by atoms with Crippen LogP contribution in [0.5, 0.6) is 0 Å². The maximum absolute atomic E-state index is 11.5. The summed E-state index contributed by atoms with van der Waals surface area (Å²) in [5, 5.41) is 9.85. The van der Waals surface area contributed by atoms with Gasteiger partial charge in [0.25, 0.3) is 0 Å². The molecule has 0 radical (unpaired) electrons. The van der Waals surface area contributed by atoms with Crippen molar-refractivity contribution in [2.75, 3.05) is 6.54 Å². The average molecular weight is 320 g/mol. The van der Waals surface area contributed by atoms with Gasteiger partial charge in [-0.15, -0.1) is 0 Å².